The highest BCUT2D eigenvalue weighted by Crippen LogP contribution is 2.46. The molecule has 0 bridgehead atoms. The Bertz CT molecular complexity index is 1210. The van der Waals surface area contributed by atoms with E-state index in [1.807, 2.05) is 13.8 Å². The van der Waals surface area contributed by atoms with Gasteiger partial charge in [-0.3, -0.25) is 14.6 Å². The van der Waals surface area contributed by atoms with Crippen molar-refractivity contribution in [3.05, 3.63) is 57.3 Å². The van der Waals surface area contributed by atoms with Crippen LogP contribution in [-0.2, 0) is 13.0 Å². The molecule has 3 aliphatic rings. The Labute approximate surface area is 191 Å². The van der Waals surface area contributed by atoms with E-state index in [1.54, 1.807) is 10.9 Å². The molecule has 3 atom stereocenters. The molecule has 166 valence electrons. The third-order valence-electron chi connectivity index (χ3n) is 7.20. The number of carbonyl (C=O) groups excluding carboxylic acids is 1. The molecule has 2 fully saturated rings. The lowest BCUT2D eigenvalue weighted by Gasteiger charge is -2.20. The Balaban J connectivity index is 1.15. The third-order valence-corrected chi connectivity index (χ3v) is 7.48. The summed E-state index contributed by atoms with van der Waals surface area (Å²) in [6.45, 7) is 6.81. The minimum atomic E-state index is -0.224. The number of aromatic nitrogens is 5. The molecule has 6 rings (SSSR count). The average molecular weight is 452 g/mol. The fourth-order valence-electron chi connectivity index (χ4n) is 5.19. The summed E-state index contributed by atoms with van der Waals surface area (Å²) in [5.41, 5.74) is 5.63. The lowest BCUT2D eigenvalue weighted by Crippen LogP contribution is -2.27. The van der Waals surface area contributed by atoms with Crippen LogP contribution < -0.4 is 10.2 Å². The Kier molecular flexibility index (Phi) is 4.54. The number of fused-ring (bicyclic) bond motifs is 2. The molecule has 3 aromatic rings. The van der Waals surface area contributed by atoms with Crippen LogP contribution in [0.5, 0.6) is 0 Å². The molecule has 4 heterocycles. The van der Waals surface area contributed by atoms with E-state index in [0.29, 0.717) is 12.1 Å². The molecule has 0 radical (unpaired) electrons. The van der Waals surface area contributed by atoms with Gasteiger partial charge in [0.15, 0.2) is 5.15 Å². The van der Waals surface area contributed by atoms with Gasteiger partial charge < -0.3 is 10.2 Å². The first kappa shape index (κ1) is 19.8. The quantitative estimate of drug-likeness (QED) is 0.621. The van der Waals surface area contributed by atoms with Gasteiger partial charge in [0.05, 0.1) is 23.8 Å². The molecule has 8 nitrogen and oxygen atoms in total. The molecule has 2 N–H and O–H groups in total. The summed E-state index contributed by atoms with van der Waals surface area (Å²) in [4.78, 5) is 20.1. The van der Waals surface area contributed by atoms with Crippen LogP contribution in [0.25, 0.3) is 0 Å². The first-order valence-electron chi connectivity index (χ1n) is 11.3. The lowest BCUT2D eigenvalue weighted by atomic mass is 10.2. The Morgan fingerprint density at radius 2 is 2.09 bits per heavy atom. The summed E-state index contributed by atoms with van der Waals surface area (Å²) in [6, 6.07) is 4.10. The highest BCUT2D eigenvalue weighted by molar-refractivity contribution is 6.32. The summed E-state index contributed by atoms with van der Waals surface area (Å²) in [5.74, 6) is 2.58. The van der Waals surface area contributed by atoms with Gasteiger partial charge in [0.2, 0.25) is 0 Å². The standard InChI is InChI=1S/C23H26ClN7O/c1-12-14(3-6-20(25-12)30-8-15-7-16(15)9-30)10-31-11-18(22(24)29-31)23(32)26-19-5-4-17-13(2)27-28-21(17)19/h3,6,11,15-16,19H,4-5,7-10H2,1-2H3,(H,26,32)(H,27,28). The summed E-state index contributed by atoms with van der Waals surface area (Å²) < 4.78 is 1.71. The number of H-pyrrole nitrogens is 1. The molecule has 1 aliphatic heterocycles. The van der Waals surface area contributed by atoms with Crippen LogP contribution in [0.15, 0.2) is 18.3 Å². The number of pyridine rings is 1. The summed E-state index contributed by atoms with van der Waals surface area (Å²) in [7, 11) is 0. The molecule has 1 amide bonds. The zero-order valence-corrected chi connectivity index (χ0v) is 19.0. The van der Waals surface area contributed by atoms with Gasteiger partial charge in [-0.2, -0.15) is 10.2 Å². The first-order valence-corrected chi connectivity index (χ1v) is 11.6. The van der Waals surface area contributed by atoms with Crippen LogP contribution in [0.3, 0.4) is 0 Å². The fraction of sp³-hybridized carbons (Fsp3) is 0.478. The topological polar surface area (TPSA) is 91.7 Å². The number of aromatic amines is 1. The molecule has 1 saturated carbocycles. The fourth-order valence-corrected chi connectivity index (χ4v) is 5.42. The molecule has 32 heavy (non-hydrogen) atoms. The normalized spacial score (nSPS) is 23.3. The first-order chi connectivity index (χ1) is 15.5. The van der Waals surface area contributed by atoms with E-state index in [1.165, 1.54) is 12.0 Å². The number of nitrogens with one attached hydrogen (secondary N) is 2. The molecule has 0 aromatic carbocycles. The number of amides is 1. The molecule has 2 aliphatic carbocycles. The van der Waals surface area contributed by atoms with Crippen molar-refractivity contribution in [3.8, 4) is 0 Å². The van der Waals surface area contributed by atoms with Gasteiger partial charge in [0, 0.05) is 30.7 Å². The second-order valence-electron chi connectivity index (χ2n) is 9.38. The maximum atomic E-state index is 12.9. The number of anilines is 1. The van der Waals surface area contributed by atoms with Crippen LogP contribution in [0.2, 0.25) is 5.15 Å². The van der Waals surface area contributed by atoms with Crippen LogP contribution in [0.1, 0.15) is 57.5 Å². The molecular weight excluding hydrogens is 426 g/mol. The molecule has 0 spiro atoms. The number of hydrogen-bond acceptors (Lipinski definition) is 5. The van der Waals surface area contributed by atoms with Crippen molar-refractivity contribution < 1.29 is 4.79 Å². The van der Waals surface area contributed by atoms with E-state index in [0.717, 1.165) is 66.2 Å². The van der Waals surface area contributed by atoms with E-state index in [4.69, 9.17) is 16.6 Å². The van der Waals surface area contributed by atoms with E-state index < -0.39 is 0 Å². The number of hydrogen-bond donors (Lipinski definition) is 2. The second-order valence-corrected chi connectivity index (χ2v) is 9.74. The van der Waals surface area contributed by atoms with E-state index in [2.05, 4.69) is 37.6 Å². The van der Waals surface area contributed by atoms with Gasteiger partial charge in [-0.25, -0.2) is 4.98 Å². The van der Waals surface area contributed by atoms with Crippen LogP contribution in [-0.4, -0.2) is 44.0 Å². The molecule has 3 aromatic heterocycles. The van der Waals surface area contributed by atoms with Crippen LogP contribution in [0, 0.1) is 25.7 Å². The summed E-state index contributed by atoms with van der Waals surface area (Å²) >= 11 is 6.33. The average Bonchev–Trinajstić information content (AvgIpc) is 3.17. The largest absolute Gasteiger partial charge is 0.356 e. The number of carbonyl (C=O) groups is 1. The zero-order chi connectivity index (χ0) is 22.0. The highest BCUT2D eigenvalue weighted by Gasteiger charge is 2.45. The number of nitrogens with zero attached hydrogens (tertiary/aromatic N) is 5. The minimum absolute atomic E-state index is 0.0996. The Morgan fingerprint density at radius 3 is 2.88 bits per heavy atom. The Morgan fingerprint density at radius 1 is 1.28 bits per heavy atom. The maximum Gasteiger partial charge on any atom is 0.256 e. The number of halogens is 1. The Hall–Kier alpha value is -2.87. The van der Waals surface area contributed by atoms with Crippen molar-refractivity contribution in [1.82, 2.24) is 30.3 Å². The lowest BCUT2D eigenvalue weighted by molar-refractivity contribution is 0.0936. The molecule has 9 heteroatoms. The molecule has 3 unspecified atom stereocenters. The number of aryl methyl sites for hydroxylation is 2. The molecular formula is C23H26ClN7O. The van der Waals surface area contributed by atoms with Crippen molar-refractivity contribution in [2.24, 2.45) is 11.8 Å². The van der Waals surface area contributed by atoms with Gasteiger partial charge in [-0.05, 0) is 62.1 Å². The third kappa shape index (κ3) is 3.37. The van der Waals surface area contributed by atoms with Gasteiger partial charge >= 0.3 is 0 Å². The number of rotatable bonds is 5. The monoisotopic (exact) mass is 451 g/mol. The van der Waals surface area contributed by atoms with Crippen LogP contribution >= 0.6 is 11.6 Å². The van der Waals surface area contributed by atoms with Gasteiger partial charge in [-0.1, -0.05) is 17.7 Å². The zero-order valence-electron chi connectivity index (χ0n) is 18.2. The SMILES string of the molecule is Cc1nc(N2CC3CC3C2)ccc1Cn1cc(C(=O)NC2CCc3c2n[nH]c3C)c(Cl)n1. The maximum absolute atomic E-state index is 12.9. The van der Waals surface area contributed by atoms with Crippen molar-refractivity contribution >= 4 is 23.3 Å². The minimum Gasteiger partial charge on any atom is -0.356 e. The summed E-state index contributed by atoms with van der Waals surface area (Å²) in [5, 5.41) is 15.0. The van der Waals surface area contributed by atoms with Crippen molar-refractivity contribution in [2.45, 2.75) is 45.7 Å². The van der Waals surface area contributed by atoms with E-state index in [-0.39, 0.29) is 17.1 Å². The number of piperidine rings is 1. The van der Waals surface area contributed by atoms with E-state index in [9.17, 15) is 4.79 Å². The smallest absolute Gasteiger partial charge is 0.256 e. The van der Waals surface area contributed by atoms with Gasteiger partial charge in [0.1, 0.15) is 5.82 Å². The van der Waals surface area contributed by atoms with Crippen molar-refractivity contribution in [1.29, 1.82) is 0 Å². The van der Waals surface area contributed by atoms with Crippen molar-refractivity contribution in [3.63, 3.8) is 0 Å². The highest BCUT2D eigenvalue weighted by atomic mass is 35.5. The van der Waals surface area contributed by atoms with E-state index >= 15 is 0 Å². The van der Waals surface area contributed by atoms with Gasteiger partial charge in [0.25, 0.3) is 5.91 Å². The summed E-state index contributed by atoms with van der Waals surface area (Å²) in [6.07, 6.45) is 4.86. The second kappa shape index (κ2) is 7.33. The molecule has 1 saturated heterocycles. The predicted molar refractivity (Wildman–Crippen MR) is 121 cm³/mol. The predicted octanol–water partition coefficient (Wildman–Crippen LogP) is 3.19. The van der Waals surface area contributed by atoms with Gasteiger partial charge in [-0.15, -0.1) is 0 Å². The van der Waals surface area contributed by atoms with Crippen LogP contribution in [0.4, 0.5) is 5.82 Å². The van der Waals surface area contributed by atoms with Crippen molar-refractivity contribution in [2.75, 3.05) is 18.0 Å².